The normalized spacial score (nSPS) is 13.9. The van der Waals surface area contributed by atoms with Crippen LogP contribution in [0.25, 0.3) is 0 Å². The number of rotatable bonds is 19. The number of hydrogen-bond donors (Lipinski definition) is 2. The van der Waals surface area contributed by atoms with Crippen LogP contribution in [0.2, 0.25) is 0 Å². The molecule has 0 aromatic heterocycles. The van der Waals surface area contributed by atoms with Gasteiger partial charge in [-0.25, -0.2) is 0 Å². The van der Waals surface area contributed by atoms with Crippen LogP contribution in [0.5, 0.6) is 0 Å². The molecule has 0 rings (SSSR count). The molecule has 0 spiro atoms. The minimum atomic E-state index is -3.65. The van der Waals surface area contributed by atoms with E-state index in [1.807, 2.05) is 0 Å². The molecule has 0 heterocycles. The molecule has 0 amide bonds. The van der Waals surface area contributed by atoms with Gasteiger partial charge in [0.25, 0.3) is 0 Å². The van der Waals surface area contributed by atoms with Crippen molar-refractivity contribution in [1.82, 2.24) is 9.03 Å². The SMILES string of the molecule is CCCCCCCCCCCCN(C)S(=O)(=O)N[C@@H](C[I-][N+](C)(C)C)CC(=O)O. The molecule has 1 atom stereocenters. The van der Waals surface area contributed by atoms with Crippen LogP contribution >= 0.6 is 0 Å². The Bertz CT molecular complexity index is 538. The molecule has 0 saturated heterocycles. The fraction of sp³-hybridized carbons (Fsp3) is 0.950. The third-order valence-electron chi connectivity index (χ3n) is 4.59. The molecule has 176 valence electrons. The fourth-order valence-corrected chi connectivity index (χ4v) is 6.50. The monoisotopic (exact) mass is 549 g/mol. The standard InChI is InChI=1S/C20H44IN3O4S/c1-6-7-8-9-10-11-12-13-14-15-16-23(2)29(27,28)22-19(17-20(25)26)18-21-24(3,4)5/h19,22H,6-18H2,1-5H3,(H,25,26)/t19-/m1/s1. The van der Waals surface area contributed by atoms with Gasteiger partial charge in [-0.3, -0.25) is 0 Å². The zero-order chi connectivity index (χ0) is 22.3. The van der Waals surface area contributed by atoms with Gasteiger partial charge in [-0.2, -0.15) is 0 Å². The summed E-state index contributed by atoms with van der Waals surface area (Å²) in [4.78, 5) is 11.1. The van der Waals surface area contributed by atoms with E-state index in [4.69, 9.17) is 5.11 Å². The molecule has 7 nitrogen and oxygen atoms in total. The van der Waals surface area contributed by atoms with Gasteiger partial charge < -0.3 is 0 Å². The van der Waals surface area contributed by atoms with Crippen LogP contribution in [0.1, 0.15) is 77.6 Å². The van der Waals surface area contributed by atoms with Crippen LogP contribution in [0.4, 0.5) is 0 Å². The number of alkyl halides is 1. The molecule has 0 saturated carbocycles. The zero-order valence-electron chi connectivity index (χ0n) is 19.1. The summed E-state index contributed by atoms with van der Waals surface area (Å²) in [6.45, 7) is 2.70. The Morgan fingerprint density at radius 1 is 1.00 bits per heavy atom. The van der Waals surface area contributed by atoms with Crippen LogP contribution in [-0.2, 0) is 15.0 Å². The van der Waals surface area contributed by atoms with Gasteiger partial charge in [-0.05, 0) is 0 Å². The van der Waals surface area contributed by atoms with Gasteiger partial charge in [-0.15, -0.1) is 0 Å². The molecule has 9 heteroatoms. The number of quaternary nitrogens is 1. The van der Waals surface area contributed by atoms with Crippen molar-refractivity contribution in [3.63, 3.8) is 0 Å². The quantitative estimate of drug-likeness (QED) is 0.105. The van der Waals surface area contributed by atoms with Gasteiger partial charge >= 0.3 is 158 Å². The summed E-state index contributed by atoms with van der Waals surface area (Å²) in [6.07, 6.45) is 11.9. The van der Waals surface area contributed by atoms with Crippen LogP contribution < -0.4 is 26.2 Å². The van der Waals surface area contributed by atoms with E-state index in [-0.39, 0.29) is 27.9 Å². The van der Waals surface area contributed by atoms with Gasteiger partial charge in [0, 0.05) is 0 Å². The summed E-state index contributed by atoms with van der Waals surface area (Å²) in [6, 6.07) is -0.544. The number of aliphatic carboxylic acids is 1. The van der Waals surface area contributed by atoms with E-state index in [0.29, 0.717) is 11.0 Å². The van der Waals surface area contributed by atoms with Gasteiger partial charge in [0.15, 0.2) is 0 Å². The van der Waals surface area contributed by atoms with Crippen LogP contribution in [0.15, 0.2) is 0 Å². The zero-order valence-corrected chi connectivity index (χ0v) is 22.1. The predicted octanol–water partition coefficient (Wildman–Crippen LogP) is 0.227. The molecular formula is C20H44IN3O4S. The van der Waals surface area contributed by atoms with Crippen molar-refractivity contribution >= 4 is 16.2 Å². The molecule has 0 aromatic carbocycles. The Labute approximate surface area is 190 Å². The summed E-state index contributed by atoms with van der Waals surface area (Å²) in [5.74, 6) is -0.972. The molecule has 2 N–H and O–H groups in total. The first kappa shape index (κ1) is 29.0. The number of unbranched alkanes of at least 4 members (excludes halogenated alkanes) is 9. The summed E-state index contributed by atoms with van der Waals surface area (Å²) in [7, 11) is 4.08. The number of carboxylic acids is 1. The Hall–Kier alpha value is 0.0300. The van der Waals surface area contributed by atoms with Crippen molar-refractivity contribution in [2.24, 2.45) is 0 Å². The maximum atomic E-state index is 12.6. The first-order valence-electron chi connectivity index (χ1n) is 10.9. The molecule has 0 aliphatic heterocycles. The first-order chi connectivity index (χ1) is 13.5. The molecule has 0 aliphatic carbocycles. The molecule has 0 radical (unpaired) electrons. The van der Waals surface area contributed by atoms with Gasteiger partial charge in [0.1, 0.15) is 0 Å². The topological polar surface area (TPSA) is 86.7 Å². The third kappa shape index (κ3) is 17.4. The van der Waals surface area contributed by atoms with Crippen LogP contribution in [0.3, 0.4) is 0 Å². The summed E-state index contributed by atoms with van der Waals surface area (Å²) in [5, 5.41) is 9.11. The van der Waals surface area contributed by atoms with Crippen LogP contribution in [0, 0.1) is 0 Å². The molecule has 0 aliphatic rings. The van der Waals surface area contributed by atoms with E-state index in [0.717, 1.165) is 22.0 Å². The van der Waals surface area contributed by atoms with E-state index in [9.17, 15) is 13.2 Å². The van der Waals surface area contributed by atoms with Gasteiger partial charge in [0.05, 0.1) is 0 Å². The summed E-state index contributed by atoms with van der Waals surface area (Å²) < 4.78 is 30.4. The summed E-state index contributed by atoms with van der Waals surface area (Å²) >= 11 is -0.363. The molecule has 0 fully saturated rings. The Balaban J connectivity index is 4.20. The second-order valence-electron chi connectivity index (χ2n) is 8.54. The molecule has 29 heavy (non-hydrogen) atoms. The second-order valence-corrected chi connectivity index (χ2v) is 14.8. The first-order valence-corrected chi connectivity index (χ1v) is 14.8. The Kier molecular flexibility index (Phi) is 15.8. The number of carboxylic acid groups (broad SMARTS) is 1. The van der Waals surface area contributed by atoms with Gasteiger partial charge in [0.2, 0.25) is 0 Å². The average Bonchev–Trinajstić information content (AvgIpc) is 2.59. The molecule has 0 unspecified atom stereocenters. The number of nitrogens with zero attached hydrogens (tertiary/aromatic N) is 2. The van der Waals surface area contributed by atoms with Crippen LogP contribution in [-0.4, -0.2) is 71.7 Å². The van der Waals surface area contributed by atoms with E-state index in [1.54, 1.807) is 7.05 Å². The Morgan fingerprint density at radius 3 is 1.93 bits per heavy atom. The average molecular weight is 550 g/mol. The molecular weight excluding hydrogens is 505 g/mol. The van der Waals surface area contributed by atoms with E-state index < -0.39 is 22.2 Å². The second kappa shape index (κ2) is 15.8. The maximum absolute atomic E-state index is 12.6. The number of nitrogens with one attached hydrogen (secondary N) is 1. The summed E-state index contributed by atoms with van der Waals surface area (Å²) in [5.41, 5.74) is 0. The molecule has 0 bridgehead atoms. The fourth-order valence-electron chi connectivity index (χ4n) is 2.87. The number of halogens is 1. The van der Waals surface area contributed by atoms with Crippen molar-refractivity contribution in [3.05, 3.63) is 0 Å². The van der Waals surface area contributed by atoms with Crippen molar-refractivity contribution in [1.29, 1.82) is 0 Å². The number of hydrogen-bond acceptors (Lipinski definition) is 3. The Morgan fingerprint density at radius 2 is 1.48 bits per heavy atom. The van der Waals surface area contributed by atoms with Crippen molar-refractivity contribution in [3.8, 4) is 0 Å². The van der Waals surface area contributed by atoms with Gasteiger partial charge in [-0.1, -0.05) is 32.6 Å². The van der Waals surface area contributed by atoms with E-state index in [2.05, 4.69) is 32.8 Å². The predicted molar refractivity (Wildman–Crippen MR) is 115 cm³/mol. The van der Waals surface area contributed by atoms with Crippen molar-refractivity contribution in [2.45, 2.75) is 83.6 Å². The number of carbonyl (C=O) groups is 1. The molecule has 0 aromatic rings. The van der Waals surface area contributed by atoms with E-state index in [1.165, 1.54) is 49.3 Å². The van der Waals surface area contributed by atoms with Crippen molar-refractivity contribution < 1.29 is 42.5 Å². The third-order valence-corrected chi connectivity index (χ3v) is 9.73. The minimum absolute atomic E-state index is 0.176. The van der Waals surface area contributed by atoms with E-state index >= 15 is 0 Å². The van der Waals surface area contributed by atoms with Crippen molar-refractivity contribution in [2.75, 3.05) is 39.2 Å².